The number of para-hydroxylation sites is 2. The van der Waals surface area contributed by atoms with Crippen molar-refractivity contribution in [2.45, 2.75) is 50.6 Å². The van der Waals surface area contributed by atoms with E-state index in [0.29, 0.717) is 33.9 Å². The van der Waals surface area contributed by atoms with Crippen LogP contribution in [0.3, 0.4) is 0 Å². The summed E-state index contributed by atoms with van der Waals surface area (Å²) in [5, 5.41) is 15.2. The van der Waals surface area contributed by atoms with Crippen LogP contribution in [0, 0.1) is 0 Å². The van der Waals surface area contributed by atoms with Crippen molar-refractivity contribution < 1.29 is 13.9 Å². The molecule has 4 aromatic rings. The lowest BCUT2D eigenvalue weighted by molar-refractivity contribution is 0.0932. The summed E-state index contributed by atoms with van der Waals surface area (Å²) < 4.78 is 13.1. The van der Waals surface area contributed by atoms with Crippen molar-refractivity contribution >= 4 is 29.0 Å². The van der Waals surface area contributed by atoms with E-state index in [9.17, 15) is 4.79 Å². The molecule has 0 radical (unpaired) electrons. The first kappa shape index (κ1) is 27.9. The summed E-state index contributed by atoms with van der Waals surface area (Å²) in [7, 11) is 1.64. The molecule has 3 heterocycles. The van der Waals surface area contributed by atoms with Crippen LogP contribution >= 0.6 is 23.1 Å². The quantitative estimate of drug-likeness (QED) is 0.203. The van der Waals surface area contributed by atoms with Gasteiger partial charge in [0.2, 0.25) is 5.82 Å². The lowest BCUT2D eigenvalue weighted by Crippen LogP contribution is -2.33. The van der Waals surface area contributed by atoms with Crippen LogP contribution in [-0.4, -0.2) is 63.3 Å². The summed E-state index contributed by atoms with van der Waals surface area (Å²) in [6.45, 7) is 9.55. The molecule has 4 rings (SSSR count). The fourth-order valence-electron chi connectivity index (χ4n) is 4.10. The second-order valence-corrected chi connectivity index (χ2v) is 10.6. The molecule has 38 heavy (non-hydrogen) atoms. The third-order valence-corrected chi connectivity index (χ3v) is 8.17. The number of amides is 1. The molecule has 1 unspecified atom stereocenters. The summed E-state index contributed by atoms with van der Waals surface area (Å²) in [5.41, 5.74) is 1.26. The number of hydrogen-bond donors (Lipinski definition) is 1. The van der Waals surface area contributed by atoms with Gasteiger partial charge in [0.1, 0.15) is 16.5 Å². The smallest absolute Gasteiger partial charge is 0.270 e. The second kappa shape index (κ2) is 13.6. The number of methoxy groups -OCH3 is 1. The number of ether oxygens (including phenoxy) is 1. The normalized spacial score (nSPS) is 12.1. The van der Waals surface area contributed by atoms with Crippen molar-refractivity contribution in [2.24, 2.45) is 0 Å². The maximum absolute atomic E-state index is 12.8. The number of carbonyl (C=O) groups excluding carboxylic acids is 1. The Balaban J connectivity index is 1.42. The van der Waals surface area contributed by atoms with Gasteiger partial charge in [-0.05, 0) is 63.7 Å². The van der Waals surface area contributed by atoms with Crippen LogP contribution in [0.4, 0.5) is 0 Å². The topological polar surface area (TPSA) is 98.3 Å². The number of benzene rings is 1. The minimum absolute atomic E-state index is 0.0945. The molecular weight excluding hydrogens is 520 g/mol. The van der Waals surface area contributed by atoms with E-state index in [1.54, 1.807) is 13.4 Å². The van der Waals surface area contributed by atoms with E-state index >= 15 is 0 Å². The Morgan fingerprint density at radius 1 is 1.21 bits per heavy atom. The maximum Gasteiger partial charge on any atom is 0.270 e. The average Bonchev–Trinajstić information content (AvgIpc) is 3.70. The molecule has 11 heteroatoms. The first-order valence-corrected chi connectivity index (χ1v) is 14.6. The van der Waals surface area contributed by atoms with Gasteiger partial charge < -0.3 is 19.4 Å². The van der Waals surface area contributed by atoms with Crippen LogP contribution in [0.1, 0.15) is 49.1 Å². The summed E-state index contributed by atoms with van der Waals surface area (Å²) in [6.07, 6.45) is 3.60. The number of furan rings is 1. The van der Waals surface area contributed by atoms with Crippen molar-refractivity contribution in [1.29, 1.82) is 0 Å². The number of thioether (sulfide) groups is 1. The number of aromatic nitrogens is 4. The van der Waals surface area contributed by atoms with E-state index in [1.165, 1.54) is 23.1 Å². The molecule has 0 saturated heterocycles. The Labute approximate surface area is 231 Å². The Kier molecular flexibility index (Phi) is 9.97. The Morgan fingerprint density at radius 3 is 2.76 bits per heavy atom. The third-order valence-electron chi connectivity index (χ3n) is 6.19. The van der Waals surface area contributed by atoms with Crippen molar-refractivity contribution in [3.05, 3.63) is 58.7 Å². The van der Waals surface area contributed by atoms with Crippen LogP contribution in [-0.2, 0) is 5.75 Å². The van der Waals surface area contributed by atoms with E-state index < -0.39 is 0 Å². The summed E-state index contributed by atoms with van der Waals surface area (Å²) >= 11 is 2.96. The molecule has 0 aliphatic heterocycles. The molecular formula is C27H34N6O3S2. The van der Waals surface area contributed by atoms with Gasteiger partial charge in [-0.25, -0.2) is 4.98 Å². The summed E-state index contributed by atoms with van der Waals surface area (Å²) in [5.74, 6) is 2.29. The van der Waals surface area contributed by atoms with Crippen LogP contribution in [0.25, 0.3) is 17.3 Å². The molecule has 202 valence electrons. The highest BCUT2D eigenvalue weighted by Crippen LogP contribution is 2.34. The largest absolute Gasteiger partial charge is 0.495 e. The number of nitrogens with zero attached hydrogens (tertiary/aromatic N) is 5. The van der Waals surface area contributed by atoms with Crippen molar-refractivity contribution in [1.82, 2.24) is 30.0 Å². The first-order valence-electron chi connectivity index (χ1n) is 12.8. The Bertz CT molecular complexity index is 1300. The molecule has 0 aliphatic rings. The fraction of sp³-hybridized carbons (Fsp3) is 0.407. The molecule has 1 N–H and O–H groups in total. The van der Waals surface area contributed by atoms with E-state index in [4.69, 9.17) is 9.15 Å². The molecule has 0 bridgehead atoms. The van der Waals surface area contributed by atoms with Crippen LogP contribution in [0.15, 0.2) is 57.6 Å². The highest BCUT2D eigenvalue weighted by molar-refractivity contribution is 7.98. The van der Waals surface area contributed by atoms with Gasteiger partial charge in [0.25, 0.3) is 5.91 Å². The Hall–Kier alpha value is -3.15. The van der Waals surface area contributed by atoms with Crippen molar-refractivity contribution in [3.8, 4) is 23.0 Å². The predicted molar refractivity (Wildman–Crippen MR) is 151 cm³/mol. The zero-order valence-corrected chi connectivity index (χ0v) is 23.8. The number of nitrogens with one attached hydrogen (secondary N) is 1. The van der Waals surface area contributed by atoms with Crippen molar-refractivity contribution in [3.63, 3.8) is 0 Å². The van der Waals surface area contributed by atoms with Gasteiger partial charge in [0, 0.05) is 11.4 Å². The van der Waals surface area contributed by atoms with Crippen LogP contribution in [0.5, 0.6) is 5.75 Å². The molecule has 0 spiro atoms. The van der Waals surface area contributed by atoms with Gasteiger partial charge in [-0.2, -0.15) is 0 Å². The zero-order chi connectivity index (χ0) is 26.9. The van der Waals surface area contributed by atoms with Gasteiger partial charge in [-0.15, -0.1) is 21.5 Å². The second-order valence-electron chi connectivity index (χ2n) is 8.75. The van der Waals surface area contributed by atoms with Gasteiger partial charge in [-0.1, -0.05) is 37.7 Å². The monoisotopic (exact) mass is 554 g/mol. The average molecular weight is 555 g/mol. The minimum atomic E-state index is -0.134. The highest BCUT2D eigenvalue weighted by Gasteiger charge is 2.21. The molecule has 3 aromatic heterocycles. The molecule has 1 aromatic carbocycles. The van der Waals surface area contributed by atoms with Crippen LogP contribution in [0.2, 0.25) is 0 Å². The third kappa shape index (κ3) is 6.83. The summed E-state index contributed by atoms with van der Waals surface area (Å²) in [6, 6.07) is 11.5. The summed E-state index contributed by atoms with van der Waals surface area (Å²) in [4.78, 5) is 19.7. The predicted octanol–water partition coefficient (Wildman–Crippen LogP) is 5.53. The minimum Gasteiger partial charge on any atom is -0.495 e. The highest BCUT2D eigenvalue weighted by atomic mass is 32.2. The van der Waals surface area contributed by atoms with E-state index in [0.717, 1.165) is 43.2 Å². The molecule has 1 atom stereocenters. The zero-order valence-electron chi connectivity index (χ0n) is 22.2. The first-order chi connectivity index (χ1) is 18.5. The molecule has 0 saturated carbocycles. The molecule has 0 aliphatic carbocycles. The number of carbonyl (C=O) groups is 1. The van der Waals surface area contributed by atoms with Gasteiger partial charge >= 0.3 is 0 Å². The van der Waals surface area contributed by atoms with Crippen LogP contribution < -0.4 is 10.1 Å². The van der Waals surface area contributed by atoms with Crippen molar-refractivity contribution in [2.75, 3.05) is 26.7 Å². The maximum atomic E-state index is 12.8. The number of rotatable bonds is 14. The molecule has 1 amide bonds. The van der Waals surface area contributed by atoms with E-state index in [1.807, 2.05) is 53.3 Å². The molecule has 0 fully saturated rings. The van der Waals surface area contributed by atoms with Gasteiger partial charge in [0.15, 0.2) is 10.9 Å². The van der Waals surface area contributed by atoms with E-state index in [2.05, 4.69) is 39.2 Å². The van der Waals surface area contributed by atoms with E-state index in [-0.39, 0.29) is 11.9 Å². The Morgan fingerprint density at radius 2 is 2.03 bits per heavy atom. The lowest BCUT2D eigenvalue weighted by atomic mass is 10.1. The standard InChI is InChI=1S/C27H34N6O3S2/c1-5-32(6-2)15-9-11-19(3)28-26(34)20-17-37-24(29-20)18-38-27-31-30-25(23-14-10-16-36-23)33(27)21-12-7-8-13-22(21)35-4/h7-8,10,12-14,16-17,19H,5-6,9,11,15,18H2,1-4H3,(H,28,34). The number of thiazole rings is 1. The van der Waals surface area contributed by atoms with Gasteiger partial charge in [-0.3, -0.25) is 9.36 Å². The van der Waals surface area contributed by atoms with Gasteiger partial charge in [0.05, 0.1) is 24.8 Å². The molecule has 9 nitrogen and oxygen atoms in total. The fourth-order valence-corrected chi connectivity index (χ4v) is 5.84. The SMILES string of the molecule is CCN(CC)CCCC(C)NC(=O)c1csc(CSc2nnc(-c3ccco3)n2-c2ccccc2OC)n1. The number of hydrogen-bond acceptors (Lipinski definition) is 9. The lowest BCUT2D eigenvalue weighted by Gasteiger charge is -2.19.